The highest BCUT2D eigenvalue weighted by molar-refractivity contribution is 6.02. The number of nitrogens with one attached hydrogen (secondary N) is 3. The van der Waals surface area contributed by atoms with Crippen molar-refractivity contribution in [2.45, 2.75) is 13.0 Å². The maximum absolute atomic E-state index is 12.1. The van der Waals surface area contributed by atoms with Crippen molar-refractivity contribution in [1.29, 1.82) is 5.26 Å². The highest BCUT2D eigenvalue weighted by Crippen LogP contribution is 2.13. The highest BCUT2D eigenvalue weighted by Gasteiger charge is 2.09. The van der Waals surface area contributed by atoms with E-state index in [0.717, 1.165) is 11.1 Å². The zero-order chi connectivity index (χ0) is 19.8. The lowest BCUT2D eigenvalue weighted by Gasteiger charge is -2.09. The average molecular weight is 374 g/mol. The molecule has 3 rings (SSSR count). The number of furan rings is 1. The van der Waals surface area contributed by atoms with Crippen LogP contribution in [0.15, 0.2) is 71.3 Å². The fraction of sp³-hybridized carbons (Fsp3) is 0.0952. The molecule has 7 heteroatoms. The van der Waals surface area contributed by atoms with Gasteiger partial charge < -0.3 is 20.4 Å². The van der Waals surface area contributed by atoms with E-state index in [1.807, 2.05) is 6.07 Å². The van der Waals surface area contributed by atoms with E-state index in [0.29, 0.717) is 24.3 Å². The third-order valence-electron chi connectivity index (χ3n) is 3.88. The van der Waals surface area contributed by atoms with Gasteiger partial charge in [-0.15, -0.1) is 0 Å². The molecular formula is C21H18N4O3. The molecule has 0 saturated heterocycles. The van der Waals surface area contributed by atoms with Crippen LogP contribution in [0.1, 0.15) is 21.7 Å². The summed E-state index contributed by atoms with van der Waals surface area (Å²) in [6.07, 6.45) is 1.77. The Kier molecular flexibility index (Phi) is 6.06. The van der Waals surface area contributed by atoms with Crippen LogP contribution in [0.2, 0.25) is 0 Å². The summed E-state index contributed by atoms with van der Waals surface area (Å²) in [5.41, 5.74) is 2.96. The molecule has 0 radical (unpaired) electrons. The van der Waals surface area contributed by atoms with E-state index in [9.17, 15) is 9.59 Å². The molecule has 0 unspecified atom stereocenters. The average Bonchev–Trinajstić information content (AvgIpc) is 3.24. The molecule has 28 heavy (non-hydrogen) atoms. The quantitative estimate of drug-likeness (QED) is 0.608. The summed E-state index contributed by atoms with van der Waals surface area (Å²) in [5, 5.41) is 16.9. The summed E-state index contributed by atoms with van der Waals surface area (Å²) >= 11 is 0. The largest absolute Gasteiger partial charge is 0.459 e. The van der Waals surface area contributed by atoms with Gasteiger partial charge in [-0.05, 0) is 47.5 Å². The molecule has 0 aliphatic rings. The van der Waals surface area contributed by atoms with Crippen LogP contribution in [-0.2, 0) is 13.0 Å². The molecule has 0 bridgehead atoms. The Bertz CT molecular complexity index is 989. The lowest BCUT2D eigenvalue weighted by molar-refractivity contribution is 0.0996. The smallest absolute Gasteiger partial charge is 0.319 e. The second kappa shape index (κ2) is 9.05. The van der Waals surface area contributed by atoms with Crippen molar-refractivity contribution >= 4 is 23.3 Å². The zero-order valence-electron chi connectivity index (χ0n) is 14.9. The number of hydrogen-bond donors (Lipinski definition) is 3. The SMILES string of the molecule is N#CCc1ccc(NC(=O)NCc2cccc(NC(=O)c3ccco3)c2)cc1. The van der Waals surface area contributed by atoms with Crippen LogP contribution < -0.4 is 16.0 Å². The van der Waals surface area contributed by atoms with Crippen LogP contribution in [0.25, 0.3) is 0 Å². The minimum atomic E-state index is -0.349. The summed E-state index contributed by atoms with van der Waals surface area (Å²) in [7, 11) is 0. The van der Waals surface area contributed by atoms with Gasteiger partial charge in [-0.2, -0.15) is 5.26 Å². The lowest BCUT2D eigenvalue weighted by atomic mass is 10.1. The first-order valence-corrected chi connectivity index (χ1v) is 8.58. The van der Waals surface area contributed by atoms with Crippen molar-refractivity contribution in [3.05, 3.63) is 83.8 Å². The molecule has 0 fully saturated rings. The molecule has 1 aromatic heterocycles. The van der Waals surface area contributed by atoms with E-state index >= 15 is 0 Å². The van der Waals surface area contributed by atoms with E-state index in [4.69, 9.17) is 9.68 Å². The molecular weight excluding hydrogens is 356 g/mol. The maximum atomic E-state index is 12.1. The van der Waals surface area contributed by atoms with Gasteiger partial charge in [-0.3, -0.25) is 4.79 Å². The number of nitrogens with zero attached hydrogens (tertiary/aromatic N) is 1. The molecule has 7 nitrogen and oxygen atoms in total. The fourth-order valence-corrected chi connectivity index (χ4v) is 2.51. The number of rotatable bonds is 6. The Hall–Kier alpha value is -4.05. The maximum Gasteiger partial charge on any atom is 0.319 e. The van der Waals surface area contributed by atoms with Gasteiger partial charge in [0.1, 0.15) is 0 Å². The minimum absolute atomic E-state index is 0.226. The third kappa shape index (κ3) is 5.22. The van der Waals surface area contributed by atoms with Crippen LogP contribution in [0.5, 0.6) is 0 Å². The number of nitriles is 1. The number of hydrogen-bond acceptors (Lipinski definition) is 4. The predicted octanol–water partition coefficient (Wildman–Crippen LogP) is 3.92. The molecule has 3 amide bonds. The molecule has 0 atom stereocenters. The summed E-state index contributed by atoms with van der Waals surface area (Å²) in [6, 6.07) is 19.2. The zero-order valence-corrected chi connectivity index (χ0v) is 14.9. The molecule has 0 aliphatic heterocycles. The number of urea groups is 1. The minimum Gasteiger partial charge on any atom is -0.459 e. The Morgan fingerprint density at radius 2 is 1.75 bits per heavy atom. The Morgan fingerprint density at radius 1 is 0.929 bits per heavy atom. The standard InChI is InChI=1S/C21H18N4O3/c22-11-10-15-6-8-17(9-7-15)25-21(27)23-14-16-3-1-4-18(13-16)24-20(26)19-5-2-12-28-19/h1-9,12-13H,10,14H2,(H,24,26)(H2,23,25,27). The van der Waals surface area contributed by atoms with Crippen molar-refractivity contribution in [3.63, 3.8) is 0 Å². The van der Waals surface area contributed by atoms with Crippen LogP contribution >= 0.6 is 0 Å². The van der Waals surface area contributed by atoms with Gasteiger partial charge in [-0.25, -0.2) is 4.79 Å². The number of anilines is 2. The number of benzene rings is 2. The van der Waals surface area contributed by atoms with Crippen molar-refractivity contribution < 1.29 is 14.0 Å². The molecule has 3 N–H and O–H groups in total. The Balaban J connectivity index is 1.52. The normalized spacial score (nSPS) is 9.96. The third-order valence-corrected chi connectivity index (χ3v) is 3.88. The van der Waals surface area contributed by atoms with E-state index in [2.05, 4.69) is 22.0 Å². The summed E-state index contributed by atoms with van der Waals surface area (Å²) in [6.45, 7) is 0.294. The van der Waals surface area contributed by atoms with Crippen LogP contribution in [0.3, 0.4) is 0 Å². The van der Waals surface area contributed by atoms with E-state index in [1.54, 1.807) is 54.6 Å². The lowest BCUT2D eigenvalue weighted by Crippen LogP contribution is -2.28. The van der Waals surface area contributed by atoms with Gasteiger partial charge >= 0.3 is 6.03 Å². The van der Waals surface area contributed by atoms with Gasteiger partial charge in [0.25, 0.3) is 5.91 Å². The molecule has 3 aromatic rings. The molecule has 1 heterocycles. The first-order chi connectivity index (χ1) is 13.6. The summed E-state index contributed by atoms with van der Waals surface area (Å²) in [5.74, 6) is -0.114. The van der Waals surface area contributed by atoms with E-state index < -0.39 is 0 Å². The molecule has 0 saturated carbocycles. The van der Waals surface area contributed by atoms with Crippen molar-refractivity contribution in [2.24, 2.45) is 0 Å². The summed E-state index contributed by atoms with van der Waals surface area (Å²) in [4.78, 5) is 24.1. The van der Waals surface area contributed by atoms with Crippen LogP contribution in [-0.4, -0.2) is 11.9 Å². The first kappa shape index (κ1) is 18.7. The van der Waals surface area contributed by atoms with Gasteiger partial charge in [-0.1, -0.05) is 24.3 Å². The molecule has 0 aliphatic carbocycles. The van der Waals surface area contributed by atoms with Crippen LogP contribution in [0, 0.1) is 11.3 Å². The number of amides is 3. The Labute approximate surface area is 162 Å². The van der Waals surface area contributed by atoms with Crippen molar-refractivity contribution in [2.75, 3.05) is 10.6 Å². The van der Waals surface area contributed by atoms with E-state index in [-0.39, 0.29) is 17.7 Å². The van der Waals surface area contributed by atoms with Gasteiger partial charge in [0.2, 0.25) is 0 Å². The molecule has 140 valence electrons. The van der Waals surface area contributed by atoms with Gasteiger partial charge in [0, 0.05) is 17.9 Å². The highest BCUT2D eigenvalue weighted by atomic mass is 16.3. The van der Waals surface area contributed by atoms with E-state index in [1.165, 1.54) is 6.26 Å². The monoisotopic (exact) mass is 374 g/mol. The Morgan fingerprint density at radius 3 is 2.46 bits per heavy atom. The summed E-state index contributed by atoms with van der Waals surface area (Å²) < 4.78 is 5.06. The van der Waals surface area contributed by atoms with Gasteiger partial charge in [0.15, 0.2) is 5.76 Å². The van der Waals surface area contributed by atoms with Crippen LogP contribution in [0.4, 0.5) is 16.2 Å². The second-order valence-corrected chi connectivity index (χ2v) is 5.97. The van der Waals surface area contributed by atoms with Crippen molar-refractivity contribution in [3.8, 4) is 6.07 Å². The number of carbonyl (C=O) groups excluding carboxylic acids is 2. The fourth-order valence-electron chi connectivity index (χ4n) is 2.51. The van der Waals surface area contributed by atoms with Crippen molar-refractivity contribution in [1.82, 2.24) is 5.32 Å². The number of carbonyl (C=O) groups is 2. The second-order valence-electron chi connectivity index (χ2n) is 5.97. The predicted molar refractivity (Wildman–Crippen MR) is 105 cm³/mol. The molecule has 2 aromatic carbocycles. The van der Waals surface area contributed by atoms with Gasteiger partial charge in [0.05, 0.1) is 18.8 Å². The molecule has 0 spiro atoms. The topological polar surface area (TPSA) is 107 Å². The first-order valence-electron chi connectivity index (χ1n) is 8.58.